The van der Waals surface area contributed by atoms with Crippen LogP contribution in [-0.2, 0) is 6.42 Å². The van der Waals surface area contributed by atoms with Gasteiger partial charge in [-0.15, -0.1) is 0 Å². The van der Waals surface area contributed by atoms with Crippen LogP contribution in [0.2, 0.25) is 0 Å². The molecule has 0 fully saturated rings. The Balaban J connectivity index is 2.33. The van der Waals surface area contributed by atoms with Crippen LogP contribution in [0.15, 0.2) is 24.5 Å². The van der Waals surface area contributed by atoms with Crippen LogP contribution in [0.5, 0.6) is 0 Å². The first-order valence-electron chi connectivity index (χ1n) is 5.64. The molecule has 1 unspecified atom stereocenters. The van der Waals surface area contributed by atoms with E-state index in [9.17, 15) is 13.2 Å². The highest BCUT2D eigenvalue weighted by atomic mass is 19.4. The maximum absolute atomic E-state index is 12.1. The molecular formula is C12H17F3N2. The van der Waals surface area contributed by atoms with Gasteiger partial charge < -0.3 is 5.32 Å². The first-order chi connectivity index (χ1) is 8.01. The third-order valence-corrected chi connectivity index (χ3v) is 2.69. The molecule has 0 aliphatic heterocycles. The Hall–Kier alpha value is -1.10. The normalized spacial score (nSPS) is 13.6. The summed E-state index contributed by atoms with van der Waals surface area (Å²) in [6, 6.07) is 3.67. The van der Waals surface area contributed by atoms with E-state index in [1.54, 1.807) is 19.4 Å². The molecule has 1 heterocycles. The van der Waals surface area contributed by atoms with Crippen LogP contribution in [-0.4, -0.2) is 24.2 Å². The highest BCUT2D eigenvalue weighted by Crippen LogP contribution is 2.23. The zero-order valence-electron chi connectivity index (χ0n) is 9.80. The van der Waals surface area contributed by atoms with Gasteiger partial charge in [-0.3, -0.25) is 4.98 Å². The zero-order chi connectivity index (χ0) is 12.7. The summed E-state index contributed by atoms with van der Waals surface area (Å²) in [6.45, 7) is 0. The number of alkyl halides is 3. The molecule has 2 nitrogen and oxygen atoms in total. The minimum Gasteiger partial charge on any atom is -0.317 e. The topological polar surface area (TPSA) is 24.9 Å². The molecule has 5 heteroatoms. The van der Waals surface area contributed by atoms with Gasteiger partial charge in [0.15, 0.2) is 0 Å². The molecule has 0 bridgehead atoms. The van der Waals surface area contributed by atoms with E-state index in [-0.39, 0.29) is 12.5 Å². The number of nitrogens with one attached hydrogen (secondary N) is 1. The molecule has 1 aromatic rings. The molecule has 1 rings (SSSR count). The van der Waals surface area contributed by atoms with E-state index < -0.39 is 12.6 Å². The van der Waals surface area contributed by atoms with Crippen molar-refractivity contribution in [3.8, 4) is 0 Å². The van der Waals surface area contributed by atoms with E-state index in [0.29, 0.717) is 6.42 Å². The Bertz CT molecular complexity index is 311. The maximum atomic E-state index is 12.1. The molecule has 17 heavy (non-hydrogen) atoms. The van der Waals surface area contributed by atoms with E-state index in [4.69, 9.17) is 0 Å². The minimum absolute atomic E-state index is 0.100. The first-order valence-corrected chi connectivity index (χ1v) is 5.64. The second-order valence-corrected chi connectivity index (χ2v) is 4.04. The fourth-order valence-corrected chi connectivity index (χ4v) is 1.66. The third kappa shape index (κ3) is 6.26. The molecule has 0 radical (unpaired) electrons. The van der Waals surface area contributed by atoms with Gasteiger partial charge in [0.05, 0.1) is 0 Å². The standard InChI is InChI=1S/C12H17F3N2/c1-16-11(6-7-12(13,14)15)5-4-10-3-2-8-17-9-10/h2-3,8-9,11,16H,4-7H2,1H3. The minimum atomic E-state index is -4.07. The Morgan fingerprint density at radius 2 is 2.12 bits per heavy atom. The molecule has 96 valence electrons. The summed E-state index contributed by atoms with van der Waals surface area (Å²) in [5.74, 6) is 0. The average Bonchev–Trinajstić information content (AvgIpc) is 2.29. The zero-order valence-corrected chi connectivity index (χ0v) is 9.80. The number of nitrogens with zero attached hydrogens (tertiary/aromatic N) is 1. The second kappa shape index (κ2) is 6.59. The lowest BCUT2D eigenvalue weighted by Crippen LogP contribution is -2.27. The van der Waals surface area contributed by atoms with E-state index >= 15 is 0 Å². The number of aryl methyl sites for hydroxylation is 1. The van der Waals surface area contributed by atoms with Crippen molar-refractivity contribution in [2.45, 2.75) is 37.9 Å². The largest absolute Gasteiger partial charge is 0.389 e. The molecule has 0 amide bonds. The molecule has 0 saturated carbocycles. The number of rotatable bonds is 6. The van der Waals surface area contributed by atoms with E-state index in [1.165, 1.54) is 0 Å². The Kier molecular flexibility index (Phi) is 5.41. The maximum Gasteiger partial charge on any atom is 0.389 e. The highest BCUT2D eigenvalue weighted by Gasteiger charge is 2.27. The third-order valence-electron chi connectivity index (χ3n) is 2.69. The number of hydrogen-bond donors (Lipinski definition) is 1. The van der Waals surface area contributed by atoms with E-state index in [2.05, 4.69) is 10.3 Å². The Labute approximate surface area is 99.3 Å². The molecule has 0 aromatic carbocycles. The second-order valence-electron chi connectivity index (χ2n) is 4.04. The van der Waals surface area contributed by atoms with Crippen LogP contribution < -0.4 is 5.32 Å². The highest BCUT2D eigenvalue weighted by molar-refractivity contribution is 5.08. The molecular weight excluding hydrogens is 229 g/mol. The van der Waals surface area contributed by atoms with Gasteiger partial charge in [0, 0.05) is 24.9 Å². The average molecular weight is 246 g/mol. The van der Waals surface area contributed by atoms with Crippen LogP contribution in [0, 0.1) is 0 Å². The predicted molar refractivity (Wildman–Crippen MR) is 60.7 cm³/mol. The molecule has 0 aliphatic carbocycles. The number of pyridine rings is 1. The molecule has 0 saturated heterocycles. The Morgan fingerprint density at radius 3 is 2.65 bits per heavy atom. The quantitative estimate of drug-likeness (QED) is 0.834. The van der Waals surface area contributed by atoms with Crippen LogP contribution in [0.4, 0.5) is 13.2 Å². The monoisotopic (exact) mass is 246 g/mol. The van der Waals surface area contributed by atoms with Gasteiger partial charge >= 0.3 is 6.18 Å². The molecule has 1 N–H and O–H groups in total. The van der Waals surface area contributed by atoms with Crippen LogP contribution >= 0.6 is 0 Å². The van der Waals surface area contributed by atoms with Crippen molar-refractivity contribution in [1.29, 1.82) is 0 Å². The summed E-state index contributed by atoms with van der Waals surface area (Å²) in [4.78, 5) is 3.97. The van der Waals surface area contributed by atoms with Crippen molar-refractivity contribution in [2.24, 2.45) is 0 Å². The summed E-state index contributed by atoms with van der Waals surface area (Å²) in [5, 5.41) is 2.92. The van der Waals surface area contributed by atoms with Crippen LogP contribution in [0.1, 0.15) is 24.8 Å². The number of hydrogen-bond acceptors (Lipinski definition) is 2. The van der Waals surface area contributed by atoms with Crippen molar-refractivity contribution in [3.05, 3.63) is 30.1 Å². The van der Waals surface area contributed by atoms with Crippen molar-refractivity contribution in [2.75, 3.05) is 7.05 Å². The summed E-state index contributed by atoms with van der Waals surface area (Å²) in [7, 11) is 1.70. The summed E-state index contributed by atoms with van der Waals surface area (Å²) >= 11 is 0. The van der Waals surface area contributed by atoms with Gasteiger partial charge in [0.2, 0.25) is 0 Å². The van der Waals surface area contributed by atoms with Crippen molar-refractivity contribution >= 4 is 0 Å². The molecule has 0 spiro atoms. The van der Waals surface area contributed by atoms with Crippen molar-refractivity contribution < 1.29 is 13.2 Å². The van der Waals surface area contributed by atoms with E-state index in [1.807, 2.05) is 12.1 Å². The number of halogens is 3. The molecule has 1 aromatic heterocycles. The van der Waals surface area contributed by atoms with Gasteiger partial charge in [-0.2, -0.15) is 13.2 Å². The van der Waals surface area contributed by atoms with Gasteiger partial charge in [0.1, 0.15) is 0 Å². The van der Waals surface area contributed by atoms with Crippen molar-refractivity contribution in [1.82, 2.24) is 10.3 Å². The summed E-state index contributed by atoms with van der Waals surface area (Å²) < 4.78 is 36.2. The van der Waals surface area contributed by atoms with Gasteiger partial charge in [-0.1, -0.05) is 6.07 Å². The lowest BCUT2D eigenvalue weighted by Gasteiger charge is -2.16. The van der Waals surface area contributed by atoms with Crippen molar-refractivity contribution in [3.63, 3.8) is 0 Å². The Morgan fingerprint density at radius 1 is 1.35 bits per heavy atom. The fraction of sp³-hybridized carbons (Fsp3) is 0.583. The smallest absolute Gasteiger partial charge is 0.317 e. The predicted octanol–water partition coefficient (Wildman–Crippen LogP) is 2.94. The van der Waals surface area contributed by atoms with Gasteiger partial charge in [-0.25, -0.2) is 0 Å². The first kappa shape index (κ1) is 14.0. The summed E-state index contributed by atoms with van der Waals surface area (Å²) in [5.41, 5.74) is 1.06. The van der Waals surface area contributed by atoms with Crippen LogP contribution in [0.3, 0.4) is 0 Å². The van der Waals surface area contributed by atoms with Gasteiger partial charge in [-0.05, 0) is 37.9 Å². The summed E-state index contributed by atoms with van der Waals surface area (Å²) in [6.07, 6.45) is 0.198. The lowest BCUT2D eigenvalue weighted by molar-refractivity contribution is -0.136. The SMILES string of the molecule is CNC(CCc1cccnc1)CCC(F)(F)F. The lowest BCUT2D eigenvalue weighted by atomic mass is 10.0. The fourth-order valence-electron chi connectivity index (χ4n) is 1.66. The van der Waals surface area contributed by atoms with Gasteiger partial charge in [0.25, 0.3) is 0 Å². The van der Waals surface area contributed by atoms with Crippen LogP contribution in [0.25, 0.3) is 0 Å². The molecule has 0 aliphatic rings. The molecule has 1 atom stereocenters. The van der Waals surface area contributed by atoms with E-state index in [0.717, 1.165) is 12.0 Å². The number of aromatic nitrogens is 1.